The smallest absolute Gasteiger partial charge is 0.149 e. The van der Waals surface area contributed by atoms with Crippen LogP contribution in [0.1, 0.15) is 32.3 Å². The zero-order chi connectivity index (χ0) is 12.4. The number of pyridine rings is 1. The fraction of sp³-hybridized carbons (Fsp3) is 0.357. The average molecular weight is 232 g/mol. The number of fused-ring (bicyclic) bond motifs is 1. The fourth-order valence-corrected chi connectivity index (χ4v) is 1.93. The molecule has 0 atom stereocenters. The standard InChI is InChI=1S/C14H17FN2/c1-4-16-14-11(9(2)3)8-10-6-5-7-12(15)13(10)17-14/h5-9H,4H2,1-3H3,(H,16,17). The predicted molar refractivity (Wildman–Crippen MR) is 70.0 cm³/mol. The van der Waals surface area contributed by atoms with Gasteiger partial charge in [0.15, 0.2) is 0 Å². The van der Waals surface area contributed by atoms with Gasteiger partial charge in [0.05, 0.1) is 0 Å². The van der Waals surface area contributed by atoms with Gasteiger partial charge in [-0.3, -0.25) is 0 Å². The van der Waals surface area contributed by atoms with Crippen LogP contribution in [-0.4, -0.2) is 11.5 Å². The molecule has 0 unspecified atom stereocenters. The van der Waals surface area contributed by atoms with E-state index in [4.69, 9.17) is 0 Å². The lowest BCUT2D eigenvalue weighted by atomic mass is 10.0. The molecule has 0 amide bonds. The summed E-state index contributed by atoms with van der Waals surface area (Å²) >= 11 is 0. The third-order valence-electron chi connectivity index (χ3n) is 2.79. The van der Waals surface area contributed by atoms with Crippen molar-refractivity contribution in [1.82, 2.24) is 4.98 Å². The molecule has 2 aromatic rings. The first-order valence-electron chi connectivity index (χ1n) is 5.96. The summed E-state index contributed by atoms with van der Waals surface area (Å²) in [5, 5.41) is 4.06. The van der Waals surface area contributed by atoms with Crippen LogP contribution in [0.5, 0.6) is 0 Å². The second-order valence-electron chi connectivity index (χ2n) is 4.42. The Kier molecular flexibility index (Phi) is 3.27. The third kappa shape index (κ3) is 2.23. The Hall–Kier alpha value is -1.64. The van der Waals surface area contributed by atoms with Gasteiger partial charge in [-0.25, -0.2) is 9.37 Å². The highest BCUT2D eigenvalue weighted by Crippen LogP contribution is 2.27. The quantitative estimate of drug-likeness (QED) is 0.867. The molecule has 1 heterocycles. The molecule has 0 spiro atoms. The molecule has 0 saturated carbocycles. The maximum atomic E-state index is 13.6. The highest BCUT2D eigenvalue weighted by molar-refractivity contribution is 5.82. The van der Waals surface area contributed by atoms with Gasteiger partial charge in [-0.15, -0.1) is 0 Å². The SMILES string of the molecule is CCNc1nc2c(F)cccc2cc1C(C)C. The molecule has 0 bridgehead atoms. The molecule has 1 N–H and O–H groups in total. The summed E-state index contributed by atoms with van der Waals surface area (Å²) < 4.78 is 13.6. The zero-order valence-corrected chi connectivity index (χ0v) is 10.4. The molecule has 90 valence electrons. The number of nitrogens with one attached hydrogen (secondary N) is 1. The van der Waals surface area contributed by atoms with E-state index in [0.717, 1.165) is 23.3 Å². The number of nitrogens with zero attached hydrogens (tertiary/aromatic N) is 1. The van der Waals surface area contributed by atoms with Crippen molar-refractivity contribution in [2.75, 3.05) is 11.9 Å². The Labute approximate surface area is 101 Å². The molecule has 17 heavy (non-hydrogen) atoms. The van der Waals surface area contributed by atoms with E-state index in [9.17, 15) is 4.39 Å². The van der Waals surface area contributed by atoms with Crippen molar-refractivity contribution in [1.29, 1.82) is 0 Å². The molecule has 0 radical (unpaired) electrons. The van der Waals surface area contributed by atoms with Crippen LogP contribution in [0.25, 0.3) is 10.9 Å². The van der Waals surface area contributed by atoms with Gasteiger partial charge in [0.25, 0.3) is 0 Å². The minimum Gasteiger partial charge on any atom is -0.370 e. The Balaban J connectivity index is 2.68. The highest BCUT2D eigenvalue weighted by Gasteiger charge is 2.11. The molecular formula is C14H17FN2. The normalized spacial score (nSPS) is 11.1. The van der Waals surface area contributed by atoms with Gasteiger partial charge in [-0.05, 0) is 30.5 Å². The molecule has 0 aliphatic heterocycles. The number of hydrogen-bond donors (Lipinski definition) is 1. The summed E-state index contributed by atoms with van der Waals surface area (Å²) in [4.78, 5) is 4.40. The lowest BCUT2D eigenvalue weighted by molar-refractivity contribution is 0.636. The number of benzene rings is 1. The second-order valence-corrected chi connectivity index (χ2v) is 4.42. The first-order chi connectivity index (χ1) is 8.13. The number of hydrogen-bond acceptors (Lipinski definition) is 2. The van der Waals surface area contributed by atoms with Gasteiger partial charge in [-0.1, -0.05) is 26.0 Å². The molecule has 0 saturated heterocycles. The van der Waals surface area contributed by atoms with Crippen LogP contribution < -0.4 is 5.32 Å². The fourth-order valence-electron chi connectivity index (χ4n) is 1.93. The number of para-hydroxylation sites is 1. The van der Waals surface area contributed by atoms with Gasteiger partial charge in [0.1, 0.15) is 17.2 Å². The van der Waals surface area contributed by atoms with Crippen molar-refractivity contribution in [3.8, 4) is 0 Å². The molecule has 0 fully saturated rings. The molecular weight excluding hydrogens is 215 g/mol. The van der Waals surface area contributed by atoms with Crippen molar-refractivity contribution < 1.29 is 4.39 Å². The van der Waals surface area contributed by atoms with E-state index in [-0.39, 0.29) is 5.82 Å². The number of aromatic nitrogens is 1. The predicted octanol–water partition coefficient (Wildman–Crippen LogP) is 3.93. The minimum atomic E-state index is -0.267. The second kappa shape index (κ2) is 4.70. The Morgan fingerprint density at radius 2 is 2.12 bits per heavy atom. The summed E-state index contributed by atoms with van der Waals surface area (Å²) in [5.41, 5.74) is 1.57. The van der Waals surface area contributed by atoms with Crippen molar-refractivity contribution in [2.24, 2.45) is 0 Å². The largest absolute Gasteiger partial charge is 0.370 e. The summed E-state index contributed by atoms with van der Waals surface area (Å²) in [5.74, 6) is 0.890. The Morgan fingerprint density at radius 1 is 1.35 bits per heavy atom. The van der Waals surface area contributed by atoms with E-state index in [1.807, 2.05) is 19.1 Å². The lowest BCUT2D eigenvalue weighted by Gasteiger charge is -2.14. The number of halogens is 1. The number of rotatable bonds is 3. The van der Waals surface area contributed by atoms with E-state index in [1.165, 1.54) is 6.07 Å². The lowest BCUT2D eigenvalue weighted by Crippen LogP contribution is -2.05. The van der Waals surface area contributed by atoms with Crippen LogP contribution in [-0.2, 0) is 0 Å². The first kappa shape index (κ1) is 11.8. The van der Waals surface area contributed by atoms with Crippen LogP contribution in [0, 0.1) is 5.82 Å². The molecule has 2 rings (SSSR count). The van der Waals surface area contributed by atoms with E-state index in [1.54, 1.807) is 6.07 Å². The van der Waals surface area contributed by atoms with E-state index in [2.05, 4.69) is 24.1 Å². The van der Waals surface area contributed by atoms with Crippen molar-refractivity contribution in [3.63, 3.8) is 0 Å². The van der Waals surface area contributed by atoms with E-state index in [0.29, 0.717) is 11.4 Å². The monoisotopic (exact) mass is 232 g/mol. The average Bonchev–Trinajstić information content (AvgIpc) is 2.29. The maximum absolute atomic E-state index is 13.6. The topological polar surface area (TPSA) is 24.9 Å². The molecule has 1 aromatic carbocycles. The summed E-state index contributed by atoms with van der Waals surface area (Å²) in [7, 11) is 0. The Morgan fingerprint density at radius 3 is 2.76 bits per heavy atom. The van der Waals surface area contributed by atoms with Gasteiger partial charge < -0.3 is 5.32 Å². The summed E-state index contributed by atoms with van der Waals surface area (Å²) in [6.45, 7) is 7.02. The number of anilines is 1. The van der Waals surface area contributed by atoms with Crippen LogP contribution in [0.2, 0.25) is 0 Å². The first-order valence-corrected chi connectivity index (χ1v) is 5.96. The molecule has 2 nitrogen and oxygen atoms in total. The Bertz CT molecular complexity index is 535. The van der Waals surface area contributed by atoms with Crippen LogP contribution in [0.15, 0.2) is 24.3 Å². The van der Waals surface area contributed by atoms with Gasteiger partial charge >= 0.3 is 0 Å². The minimum absolute atomic E-state index is 0.267. The molecule has 1 aromatic heterocycles. The highest BCUT2D eigenvalue weighted by atomic mass is 19.1. The van der Waals surface area contributed by atoms with Gasteiger partial charge in [0.2, 0.25) is 0 Å². The van der Waals surface area contributed by atoms with Gasteiger partial charge in [-0.2, -0.15) is 0 Å². The summed E-state index contributed by atoms with van der Waals surface area (Å²) in [6.07, 6.45) is 0. The zero-order valence-electron chi connectivity index (χ0n) is 10.4. The van der Waals surface area contributed by atoms with E-state index < -0.39 is 0 Å². The van der Waals surface area contributed by atoms with E-state index >= 15 is 0 Å². The van der Waals surface area contributed by atoms with Crippen molar-refractivity contribution in [2.45, 2.75) is 26.7 Å². The van der Waals surface area contributed by atoms with Gasteiger partial charge in [0, 0.05) is 11.9 Å². The van der Waals surface area contributed by atoms with Crippen LogP contribution in [0.4, 0.5) is 10.2 Å². The third-order valence-corrected chi connectivity index (χ3v) is 2.79. The molecule has 0 aliphatic carbocycles. The molecule has 0 aliphatic rings. The van der Waals surface area contributed by atoms with Crippen molar-refractivity contribution in [3.05, 3.63) is 35.6 Å². The maximum Gasteiger partial charge on any atom is 0.149 e. The van der Waals surface area contributed by atoms with Crippen molar-refractivity contribution >= 4 is 16.7 Å². The van der Waals surface area contributed by atoms with Crippen LogP contribution in [0.3, 0.4) is 0 Å². The van der Waals surface area contributed by atoms with Crippen LogP contribution >= 0.6 is 0 Å². The molecule has 3 heteroatoms. The summed E-state index contributed by atoms with van der Waals surface area (Å²) in [6, 6.07) is 7.08.